The lowest BCUT2D eigenvalue weighted by Gasteiger charge is -2.30. The number of allylic oxidation sites excluding steroid dienone is 6. The maximum absolute atomic E-state index is 12.3. The van der Waals surface area contributed by atoms with E-state index in [1.54, 1.807) is 0 Å². The van der Waals surface area contributed by atoms with Crippen LogP contribution < -0.4 is 0 Å². The van der Waals surface area contributed by atoms with Crippen molar-refractivity contribution in [2.75, 3.05) is 0 Å². The minimum Gasteiger partial charge on any atom is -0.385 e. The summed E-state index contributed by atoms with van der Waals surface area (Å²) in [6, 6.07) is 9.97. The second-order valence-electron chi connectivity index (χ2n) is 7.59. The smallest absolute Gasteiger partial charge is 0.161 e. The molecule has 2 unspecified atom stereocenters. The number of hydrogen-bond donors (Lipinski definition) is 1. The van der Waals surface area contributed by atoms with Crippen molar-refractivity contribution in [1.29, 1.82) is 0 Å². The normalized spacial score (nSPS) is 21.4. The lowest BCUT2D eigenvalue weighted by Crippen LogP contribution is -2.29. The summed E-state index contributed by atoms with van der Waals surface area (Å²) >= 11 is 0. The van der Waals surface area contributed by atoms with Crippen molar-refractivity contribution in [1.82, 2.24) is 0 Å². The van der Waals surface area contributed by atoms with Gasteiger partial charge >= 0.3 is 0 Å². The topological polar surface area (TPSA) is 37.3 Å². The van der Waals surface area contributed by atoms with Crippen LogP contribution >= 0.6 is 0 Å². The fourth-order valence-corrected chi connectivity index (χ4v) is 3.52. The first-order valence-electron chi connectivity index (χ1n) is 9.77. The van der Waals surface area contributed by atoms with Gasteiger partial charge in [-0.25, -0.2) is 0 Å². The molecular weight excluding hydrogens is 320 g/mol. The van der Waals surface area contributed by atoms with Crippen LogP contribution in [0.3, 0.4) is 0 Å². The van der Waals surface area contributed by atoms with E-state index in [9.17, 15) is 9.90 Å². The van der Waals surface area contributed by atoms with E-state index in [4.69, 9.17) is 0 Å². The second-order valence-corrected chi connectivity index (χ2v) is 7.59. The summed E-state index contributed by atoms with van der Waals surface area (Å²) in [7, 11) is 0. The molecule has 0 spiro atoms. The molecule has 0 fully saturated rings. The lowest BCUT2D eigenvalue weighted by atomic mass is 9.75. The Morgan fingerprint density at radius 2 is 2.00 bits per heavy atom. The molecule has 1 N–H and O–H groups in total. The van der Waals surface area contributed by atoms with Crippen LogP contribution in [0.1, 0.15) is 58.4 Å². The molecule has 1 aromatic carbocycles. The van der Waals surface area contributed by atoms with Crippen molar-refractivity contribution in [2.24, 2.45) is 5.41 Å². The Morgan fingerprint density at radius 1 is 1.27 bits per heavy atom. The Labute approximate surface area is 158 Å². The predicted octanol–water partition coefficient (Wildman–Crippen LogP) is 5.58. The molecule has 26 heavy (non-hydrogen) atoms. The summed E-state index contributed by atoms with van der Waals surface area (Å²) < 4.78 is 0. The molecule has 2 heteroatoms. The van der Waals surface area contributed by atoms with Gasteiger partial charge in [0.15, 0.2) is 5.78 Å². The molecule has 1 aliphatic carbocycles. The standard InChI is InChI=1S/C24H32O2/c1-4-9-20(5-2)21-14-16-24(3,17-15-21)18-23(26)22(25)13-12-19-10-7-6-8-11-19/h5-8,10-11,14-16,23,26H,4,9,12-13,17-18H2,1-3H3/b20-5+. The summed E-state index contributed by atoms with van der Waals surface area (Å²) in [5.41, 5.74) is 3.65. The van der Waals surface area contributed by atoms with E-state index < -0.39 is 6.10 Å². The van der Waals surface area contributed by atoms with Gasteiger partial charge in [-0.3, -0.25) is 4.79 Å². The zero-order chi connectivity index (χ0) is 19.0. The van der Waals surface area contributed by atoms with Crippen LogP contribution in [0.5, 0.6) is 0 Å². The van der Waals surface area contributed by atoms with Crippen molar-refractivity contribution < 1.29 is 9.90 Å². The van der Waals surface area contributed by atoms with Crippen LogP contribution in [0.25, 0.3) is 0 Å². The van der Waals surface area contributed by atoms with Gasteiger partial charge in [-0.1, -0.05) is 74.9 Å². The summed E-state index contributed by atoms with van der Waals surface area (Å²) in [6.07, 6.45) is 12.5. The van der Waals surface area contributed by atoms with Crippen LogP contribution in [0.2, 0.25) is 0 Å². The Morgan fingerprint density at radius 3 is 2.58 bits per heavy atom. The molecular formula is C24H32O2. The highest BCUT2D eigenvalue weighted by Gasteiger charge is 2.29. The summed E-state index contributed by atoms with van der Waals surface area (Å²) in [4.78, 5) is 12.3. The highest BCUT2D eigenvalue weighted by molar-refractivity contribution is 5.83. The first-order chi connectivity index (χ1) is 12.5. The van der Waals surface area contributed by atoms with Crippen molar-refractivity contribution in [3.63, 3.8) is 0 Å². The monoisotopic (exact) mass is 352 g/mol. The van der Waals surface area contributed by atoms with Crippen LogP contribution in [-0.2, 0) is 11.2 Å². The molecule has 0 radical (unpaired) electrons. The van der Waals surface area contributed by atoms with Crippen molar-refractivity contribution in [3.05, 3.63) is 71.3 Å². The van der Waals surface area contributed by atoms with E-state index in [1.807, 2.05) is 30.3 Å². The molecule has 0 saturated carbocycles. The average Bonchev–Trinajstić information content (AvgIpc) is 2.65. The van der Waals surface area contributed by atoms with E-state index in [0.717, 1.165) is 24.8 Å². The van der Waals surface area contributed by atoms with Crippen LogP contribution in [-0.4, -0.2) is 17.0 Å². The number of hydrogen-bond acceptors (Lipinski definition) is 2. The van der Waals surface area contributed by atoms with Gasteiger partial charge in [-0.2, -0.15) is 0 Å². The average molecular weight is 353 g/mol. The van der Waals surface area contributed by atoms with Crippen molar-refractivity contribution >= 4 is 5.78 Å². The molecule has 0 aliphatic heterocycles. The van der Waals surface area contributed by atoms with E-state index in [-0.39, 0.29) is 11.2 Å². The third-order valence-corrected chi connectivity index (χ3v) is 5.23. The van der Waals surface area contributed by atoms with Crippen molar-refractivity contribution in [2.45, 2.75) is 65.4 Å². The van der Waals surface area contributed by atoms with Gasteiger partial charge in [0.05, 0.1) is 0 Å². The molecule has 0 bridgehead atoms. The Balaban J connectivity index is 1.88. The maximum Gasteiger partial charge on any atom is 0.161 e. The van der Waals surface area contributed by atoms with Crippen LogP contribution in [0.4, 0.5) is 0 Å². The zero-order valence-electron chi connectivity index (χ0n) is 16.4. The molecule has 2 atom stereocenters. The fraction of sp³-hybridized carbons (Fsp3) is 0.458. The quantitative estimate of drug-likeness (QED) is 0.630. The number of carbonyl (C=O) groups excluding carboxylic acids is 1. The van der Waals surface area contributed by atoms with Crippen LogP contribution in [0, 0.1) is 5.41 Å². The predicted molar refractivity (Wildman–Crippen MR) is 109 cm³/mol. The van der Waals surface area contributed by atoms with Gasteiger partial charge < -0.3 is 5.11 Å². The van der Waals surface area contributed by atoms with E-state index in [1.165, 1.54) is 11.1 Å². The van der Waals surface area contributed by atoms with Gasteiger partial charge in [-0.05, 0) is 54.7 Å². The Hall–Kier alpha value is -1.93. The molecule has 1 aromatic rings. The molecule has 0 saturated heterocycles. The largest absolute Gasteiger partial charge is 0.385 e. The number of carbonyl (C=O) groups is 1. The number of aliphatic hydroxyl groups is 1. The van der Waals surface area contributed by atoms with Crippen molar-refractivity contribution in [3.8, 4) is 0 Å². The van der Waals surface area contributed by atoms with E-state index in [2.05, 4.69) is 45.1 Å². The SMILES string of the molecule is C/C=C(\CCC)C1=CCC(C)(CC(O)C(=O)CCc2ccccc2)C=C1. The first kappa shape index (κ1) is 20.4. The number of aryl methyl sites for hydroxylation is 1. The first-order valence-corrected chi connectivity index (χ1v) is 9.77. The zero-order valence-corrected chi connectivity index (χ0v) is 16.4. The highest BCUT2D eigenvalue weighted by atomic mass is 16.3. The van der Waals surface area contributed by atoms with Gasteiger partial charge in [0.25, 0.3) is 0 Å². The molecule has 2 nitrogen and oxygen atoms in total. The Bertz CT molecular complexity index is 681. The summed E-state index contributed by atoms with van der Waals surface area (Å²) in [6.45, 7) is 6.40. The van der Waals surface area contributed by atoms with Crippen LogP contribution in [0.15, 0.2) is 65.8 Å². The lowest BCUT2D eigenvalue weighted by molar-refractivity contribution is -0.128. The minimum absolute atomic E-state index is 0.0571. The second kappa shape index (κ2) is 9.68. The third-order valence-electron chi connectivity index (χ3n) is 5.23. The highest BCUT2D eigenvalue weighted by Crippen LogP contribution is 2.36. The van der Waals surface area contributed by atoms with E-state index in [0.29, 0.717) is 19.3 Å². The summed E-state index contributed by atoms with van der Waals surface area (Å²) in [5.74, 6) is -0.0571. The molecule has 1 aliphatic rings. The number of rotatable bonds is 9. The van der Waals surface area contributed by atoms with Gasteiger partial charge in [-0.15, -0.1) is 0 Å². The number of Topliss-reactive ketones (excluding diaryl/α,β-unsaturated/α-hetero) is 1. The molecule has 140 valence electrons. The summed E-state index contributed by atoms with van der Waals surface area (Å²) in [5, 5.41) is 10.4. The maximum atomic E-state index is 12.3. The van der Waals surface area contributed by atoms with Gasteiger partial charge in [0.2, 0.25) is 0 Å². The van der Waals surface area contributed by atoms with E-state index >= 15 is 0 Å². The molecule has 0 heterocycles. The third kappa shape index (κ3) is 5.81. The fourth-order valence-electron chi connectivity index (χ4n) is 3.52. The Kier molecular flexibility index (Phi) is 7.59. The molecule has 0 amide bonds. The number of ketones is 1. The molecule has 0 aromatic heterocycles. The van der Waals surface area contributed by atoms with Gasteiger partial charge in [0, 0.05) is 6.42 Å². The number of benzene rings is 1. The number of aliphatic hydroxyl groups excluding tert-OH is 1. The van der Waals surface area contributed by atoms with Gasteiger partial charge in [0.1, 0.15) is 6.10 Å². The minimum atomic E-state index is -0.889. The molecule has 2 rings (SSSR count).